The highest BCUT2D eigenvalue weighted by molar-refractivity contribution is 5.95. The summed E-state index contributed by atoms with van der Waals surface area (Å²) >= 11 is 0. The second-order valence-corrected chi connectivity index (χ2v) is 20.4. The third-order valence-electron chi connectivity index (χ3n) is 14.7. The minimum atomic E-state index is -0.990. The van der Waals surface area contributed by atoms with Crippen molar-refractivity contribution >= 4 is 41.2 Å². The molecule has 2 aromatic rings. The normalized spacial score (nSPS) is 21.0. The van der Waals surface area contributed by atoms with Crippen LogP contribution in [0.25, 0.3) is 0 Å². The Labute approximate surface area is 409 Å². The van der Waals surface area contributed by atoms with E-state index in [-0.39, 0.29) is 91.1 Å². The van der Waals surface area contributed by atoms with E-state index in [0.29, 0.717) is 25.0 Å². The van der Waals surface area contributed by atoms with Gasteiger partial charge in [-0.2, -0.15) is 0 Å². The van der Waals surface area contributed by atoms with E-state index in [4.69, 9.17) is 0 Å². The molecule has 1 unspecified atom stereocenters. The fraction of sp³-hybridized carbons (Fsp3) is 0.706. The van der Waals surface area contributed by atoms with Gasteiger partial charge >= 0.3 is 0 Å². The Morgan fingerprint density at radius 1 is 0.739 bits per heavy atom. The van der Waals surface area contributed by atoms with E-state index >= 15 is 0 Å². The highest BCUT2D eigenvalue weighted by Crippen LogP contribution is 2.34. The summed E-state index contributed by atoms with van der Waals surface area (Å²) in [6.07, 6.45) is 10.7. The van der Waals surface area contributed by atoms with Crippen molar-refractivity contribution < 1.29 is 33.6 Å². The summed E-state index contributed by atoms with van der Waals surface area (Å²) in [4.78, 5) is 97.3. The molecule has 1 aliphatic heterocycles. The highest BCUT2D eigenvalue weighted by Gasteiger charge is 2.46. The summed E-state index contributed by atoms with van der Waals surface area (Å²) in [5.41, 5.74) is 2.97. The maximum absolute atomic E-state index is 14.8. The van der Waals surface area contributed by atoms with Crippen LogP contribution in [0.3, 0.4) is 0 Å². The van der Waals surface area contributed by atoms with E-state index in [1.165, 1.54) is 5.56 Å². The molecule has 3 aliphatic rings. The van der Waals surface area contributed by atoms with Crippen LogP contribution in [-0.2, 0) is 46.4 Å². The van der Waals surface area contributed by atoms with Crippen molar-refractivity contribution in [1.82, 2.24) is 57.1 Å². The Morgan fingerprint density at radius 3 is 2.09 bits per heavy atom. The SMILES string of the molecule is CN[C@@H](C)C(=O)NC(C(=O)N[C@@H](CCC(=O)CCCc1cn([C@H]2C[C@@H](C(=O)N[C@@H]3CCCc4ccccc43)N(C(=O)[C@@H](NC(=O)[C@H](C)NC)C3CCCCC3)C2)nn1)C(=O)N[C@H](C)C(C)C)C(C)C. The number of benzene rings is 1. The minimum absolute atomic E-state index is 0.0490. The van der Waals surface area contributed by atoms with Gasteiger partial charge in [0.15, 0.2) is 0 Å². The van der Waals surface area contributed by atoms with Gasteiger partial charge in [0, 0.05) is 38.0 Å². The lowest BCUT2D eigenvalue weighted by atomic mass is 9.83. The second-order valence-electron chi connectivity index (χ2n) is 20.4. The fourth-order valence-corrected chi connectivity index (χ4v) is 9.58. The lowest BCUT2D eigenvalue weighted by Gasteiger charge is -2.35. The highest BCUT2D eigenvalue weighted by atomic mass is 16.2. The maximum atomic E-state index is 14.8. The van der Waals surface area contributed by atoms with E-state index in [1.54, 1.807) is 37.5 Å². The standard InChI is InChI=1S/C51H81N11O7/c1-30(2)32(5)54-48(66)42(56-50(68)44(31(3)4)57-46(64)33(6)52-8)26-25-39(63)22-16-21-37-28-62(60-59-37)38-27-43(49(67)55-41-24-15-20-35-17-13-14-23-40(35)41)61(29-38)51(69)45(36-18-11-10-12-19-36)58-47(65)34(7)53-9/h13-14,17,23,28,30-34,36,38,41-45,52-53H,10-12,15-16,18-22,24-27,29H2,1-9H3,(H,54,66)(H,55,67)(H,56,68)(H,57,64)(H,58,65)/t32-,33+,34+,38+,41-,42+,43+,44?,45+/m1/s1. The van der Waals surface area contributed by atoms with Gasteiger partial charge in [-0.3, -0.25) is 33.6 Å². The number of rotatable bonds is 24. The zero-order valence-corrected chi connectivity index (χ0v) is 42.6. The first kappa shape index (κ1) is 54.7. The molecule has 2 fully saturated rings. The lowest BCUT2D eigenvalue weighted by molar-refractivity contribution is -0.143. The number of aromatic nitrogens is 3. The lowest BCUT2D eigenvalue weighted by Crippen LogP contribution is -2.58. The van der Waals surface area contributed by atoms with Gasteiger partial charge in [-0.05, 0) is 115 Å². The number of carbonyl (C=O) groups is 7. The summed E-state index contributed by atoms with van der Waals surface area (Å²) in [5, 5.41) is 29.7. The third kappa shape index (κ3) is 15.1. The van der Waals surface area contributed by atoms with Crippen LogP contribution in [-0.4, -0.2) is 124 Å². The van der Waals surface area contributed by atoms with E-state index in [1.807, 2.05) is 52.9 Å². The molecule has 0 bridgehead atoms. The molecule has 1 aromatic carbocycles. The molecule has 2 aliphatic carbocycles. The van der Waals surface area contributed by atoms with Gasteiger partial charge in [0.1, 0.15) is 30.0 Å². The average Bonchev–Trinajstić information content (AvgIpc) is 4.01. The van der Waals surface area contributed by atoms with Crippen LogP contribution in [0.1, 0.15) is 154 Å². The molecule has 18 nitrogen and oxygen atoms in total. The van der Waals surface area contributed by atoms with Crippen molar-refractivity contribution in [2.24, 2.45) is 17.8 Å². The van der Waals surface area contributed by atoms with E-state index in [9.17, 15) is 33.6 Å². The summed E-state index contributed by atoms with van der Waals surface area (Å²) in [7, 11) is 3.36. The molecular formula is C51H81N11O7. The Hall–Kier alpha value is -5.23. The Kier molecular flexibility index (Phi) is 20.7. The summed E-state index contributed by atoms with van der Waals surface area (Å²) in [6.45, 7) is 13.1. The minimum Gasteiger partial charge on any atom is -0.352 e. The van der Waals surface area contributed by atoms with Gasteiger partial charge in [0.2, 0.25) is 35.4 Å². The molecule has 7 N–H and O–H groups in total. The monoisotopic (exact) mass is 960 g/mol. The number of amides is 6. The molecule has 1 aromatic heterocycles. The van der Waals surface area contributed by atoms with Crippen LogP contribution in [0, 0.1) is 17.8 Å². The molecule has 382 valence electrons. The Morgan fingerprint density at radius 2 is 1.42 bits per heavy atom. The summed E-state index contributed by atoms with van der Waals surface area (Å²) in [6, 6.07) is 2.98. The number of nitrogens with zero attached hydrogens (tertiary/aromatic N) is 4. The van der Waals surface area contributed by atoms with Crippen molar-refractivity contribution in [3.8, 4) is 0 Å². The number of hydrogen-bond acceptors (Lipinski definition) is 11. The van der Waals surface area contributed by atoms with Crippen LogP contribution in [0.4, 0.5) is 0 Å². The number of fused-ring (bicyclic) bond motifs is 1. The largest absolute Gasteiger partial charge is 0.352 e. The van der Waals surface area contributed by atoms with E-state index in [2.05, 4.69) is 59.7 Å². The number of hydrogen-bond donors (Lipinski definition) is 7. The first-order valence-electron chi connectivity index (χ1n) is 25.6. The molecule has 2 heterocycles. The third-order valence-corrected chi connectivity index (χ3v) is 14.7. The molecule has 18 heteroatoms. The van der Waals surface area contributed by atoms with E-state index in [0.717, 1.165) is 56.9 Å². The molecular weight excluding hydrogens is 879 g/mol. The zero-order valence-electron chi connectivity index (χ0n) is 42.6. The number of carbonyl (C=O) groups excluding carboxylic acids is 7. The predicted octanol–water partition coefficient (Wildman–Crippen LogP) is 3.35. The number of likely N-dealkylation sites (tertiary alicyclic amines) is 1. The van der Waals surface area contributed by atoms with Crippen LogP contribution in [0.2, 0.25) is 0 Å². The van der Waals surface area contributed by atoms with Gasteiger partial charge in [0.05, 0.1) is 29.9 Å². The van der Waals surface area contributed by atoms with Gasteiger partial charge in [-0.15, -0.1) is 5.10 Å². The van der Waals surface area contributed by atoms with Crippen molar-refractivity contribution in [1.29, 1.82) is 0 Å². The molecule has 69 heavy (non-hydrogen) atoms. The number of ketones is 1. The maximum Gasteiger partial charge on any atom is 0.246 e. The van der Waals surface area contributed by atoms with Crippen molar-refractivity contribution in [3.05, 3.63) is 47.3 Å². The number of nitrogens with one attached hydrogen (secondary N) is 7. The first-order valence-corrected chi connectivity index (χ1v) is 25.6. The number of likely N-dealkylation sites (N-methyl/N-ethyl adjacent to an activating group) is 2. The smallest absolute Gasteiger partial charge is 0.246 e. The topological polar surface area (TPSA) is 238 Å². The molecule has 1 saturated heterocycles. The van der Waals surface area contributed by atoms with E-state index < -0.39 is 48.1 Å². The van der Waals surface area contributed by atoms with Crippen LogP contribution >= 0.6 is 0 Å². The molecule has 1 saturated carbocycles. The average molecular weight is 960 g/mol. The van der Waals surface area contributed by atoms with Gasteiger partial charge in [-0.1, -0.05) is 76.4 Å². The van der Waals surface area contributed by atoms with Gasteiger partial charge in [-0.25, -0.2) is 4.68 Å². The van der Waals surface area contributed by atoms with Crippen molar-refractivity contribution in [3.63, 3.8) is 0 Å². The second kappa shape index (κ2) is 26.1. The van der Waals surface area contributed by atoms with Gasteiger partial charge < -0.3 is 42.1 Å². The van der Waals surface area contributed by atoms with Gasteiger partial charge in [0.25, 0.3) is 0 Å². The van der Waals surface area contributed by atoms with Crippen LogP contribution in [0.15, 0.2) is 30.5 Å². The number of aryl methyl sites for hydroxylation is 2. The zero-order chi connectivity index (χ0) is 50.4. The van der Waals surface area contributed by atoms with Crippen LogP contribution in [0.5, 0.6) is 0 Å². The molecule has 0 spiro atoms. The van der Waals surface area contributed by atoms with Crippen LogP contribution < -0.4 is 37.2 Å². The van der Waals surface area contributed by atoms with Crippen molar-refractivity contribution in [2.45, 2.75) is 193 Å². The molecule has 6 amide bonds. The predicted molar refractivity (Wildman–Crippen MR) is 263 cm³/mol. The summed E-state index contributed by atoms with van der Waals surface area (Å²) in [5.74, 6) is -2.24. The Balaban J connectivity index is 1.25. The molecule has 5 rings (SSSR count). The first-order chi connectivity index (χ1) is 32.9. The quantitative estimate of drug-likeness (QED) is 0.0806. The fourth-order valence-electron chi connectivity index (χ4n) is 9.58. The Bertz CT molecular complexity index is 2070. The summed E-state index contributed by atoms with van der Waals surface area (Å²) < 4.78 is 1.72. The molecule has 0 radical (unpaired) electrons. The van der Waals surface area contributed by atoms with Crippen molar-refractivity contribution in [2.75, 3.05) is 20.6 Å². The number of Topliss-reactive ketones (excluding diaryl/α,β-unsaturated/α-hetero) is 1. The molecule has 9 atom stereocenters.